The fourth-order valence-electron chi connectivity index (χ4n) is 2.07. The molecule has 0 aromatic rings. The lowest BCUT2D eigenvalue weighted by atomic mass is 10.0. The topological polar surface area (TPSA) is 55.4 Å². The van der Waals surface area contributed by atoms with E-state index in [1.54, 1.807) is 12.2 Å². The van der Waals surface area contributed by atoms with Crippen molar-refractivity contribution in [3.8, 4) is 0 Å². The maximum atomic E-state index is 12.0. The first kappa shape index (κ1) is 12.6. The molecule has 0 radical (unpaired) electrons. The van der Waals surface area contributed by atoms with Gasteiger partial charge < -0.3 is 10.1 Å². The second kappa shape index (κ2) is 5.21. The van der Waals surface area contributed by atoms with E-state index in [1.807, 2.05) is 26.0 Å². The molecule has 0 aromatic heterocycles. The monoisotopic (exact) mass is 247 g/mol. The van der Waals surface area contributed by atoms with Gasteiger partial charge in [0.05, 0.1) is 0 Å². The SMILES string of the molecule is CC/C=C/C=C/C1OC2=C(C(=O)NC(C)C2)C1=O. The Labute approximate surface area is 106 Å². The van der Waals surface area contributed by atoms with Crippen molar-refractivity contribution >= 4 is 11.7 Å². The number of allylic oxidation sites excluding steroid dienone is 3. The summed E-state index contributed by atoms with van der Waals surface area (Å²) < 4.78 is 5.55. The molecule has 0 saturated carbocycles. The first-order valence-electron chi connectivity index (χ1n) is 6.21. The Bertz CT molecular complexity index is 460. The summed E-state index contributed by atoms with van der Waals surface area (Å²) in [4.78, 5) is 23.7. The molecule has 0 bridgehead atoms. The van der Waals surface area contributed by atoms with Crippen LogP contribution in [0.5, 0.6) is 0 Å². The standard InChI is InChI=1S/C14H17NO3/c1-3-4-5-6-7-10-13(16)12-11(18-10)8-9(2)15-14(12)17/h4-7,9-10H,3,8H2,1-2H3,(H,15,17)/b5-4+,7-6+. The molecule has 1 N–H and O–H groups in total. The van der Waals surface area contributed by atoms with E-state index in [2.05, 4.69) is 5.32 Å². The van der Waals surface area contributed by atoms with Crippen LogP contribution in [0.1, 0.15) is 26.7 Å². The van der Waals surface area contributed by atoms with Crippen molar-refractivity contribution < 1.29 is 14.3 Å². The molecular weight excluding hydrogens is 230 g/mol. The lowest BCUT2D eigenvalue weighted by Crippen LogP contribution is -2.39. The Morgan fingerprint density at radius 1 is 1.39 bits per heavy atom. The Morgan fingerprint density at radius 3 is 2.89 bits per heavy atom. The van der Waals surface area contributed by atoms with E-state index < -0.39 is 6.10 Å². The van der Waals surface area contributed by atoms with Crippen molar-refractivity contribution in [3.63, 3.8) is 0 Å². The van der Waals surface area contributed by atoms with Crippen LogP contribution in [0.15, 0.2) is 35.6 Å². The van der Waals surface area contributed by atoms with Crippen LogP contribution in [0, 0.1) is 0 Å². The van der Waals surface area contributed by atoms with Crippen LogP contribution in [0.2, 0.25) is 0 Å². The van der Waals surface area contributed by atoms with Crippen molar-refractivity contribution in [2.24, 2.45) is 0 Å². The Morgan fingerprint density at radius 2 is 2.17 bits per heavy atom. The van der Waals surface area contributed by atoms with Gasteiger partial charge in [-0.25, -0.2) is 0 Å². The van der Waals surface area contributed by atoms with Gasteiger partial charge in [0.25, 0.3) is 5.91 Å². The Kier molecular flexibility index (Phi) is 3.65. The summed E-state index contributed by atoms with van der Waals surface area (Å²) in [7, 11) is 0. The zero-order chi connectivity index (χ0) is 13.1. The minimum atomic E-state index is -0.646. The molecule has 0 aliphatic carbocycles. The number of rotatable bonds is 3. The summed E-state index contributed by atoms with van der Waals surface area (Å²) in [6.45, 7) is 3.93. The van der Waals surface area contributed by atoms with Gasteiger partial charge >= 0.3 is 0 Å². The van der Waals surface area contributed by atoms with Gasteiger partial charge in [-0.1, -0.05) is 25.2 Å². The molecule has 96 valence electrons. The molecule has 0 saturated heterocycles. The number of hydrogen-bond acceptors (Lipinski definition) is 3. The summed E-state index contributed by atoms with van der Waals surface area (Å²) >= 11 is 0. The van der Waals surface area contributed by atoms with Crippen molar-refractivity contribution in [1.82, 2.24) is 5.32 Å². The second-order valence-corrected chi connectivity index (χ2v) is 4.50. The number of ether oxygens (including phenoxy) is 1. The van der Waals surface area contributed by atoms with Gasteiger partial charge in [0, 0.05) is 12.5 Å². The van der Waals surface area contributed by atoms with Gasteiger partial charge in [0.1, 0.15) is 11.3 Å². The molecule has 0 spiro atoms. The number of amides is 1. The third-order valence-electron chi connectivity index (χ3n) is 2.92. The molecule has 4 nitrogen and oxygen atoms in total. The fourth-order valence-corrected chi connectivity index (χ4v) is 2.07. The quantitative estimate of drug-likeness (QED) is 0.609. The van der Waals surface area contributed by atoms with Gasteiger partial charge in [-0.2, -0.15) is 0 Å². The third-order valence-corrected chi connectivity index (χ3v) is 2.92. The van der Waals surface area contributed by atoms with Crippen molar-refractivity contribution in [2.75, 3.05) is 0 Å². The third kappa shape index (κ3) is 2.37. The number of carbonyl (C=O) groups is 2. The van der Waals surface area contributed by atoms with Gasteiger partial charge in [-0.15, -0.1) is 0 Å². The van der Waals surface area contributed by atoms with Crippen LogP contribution in [0.4, 0.5) is 0 Å². The average Bonchev–Trinajstić information content (AvgIpc) is 2.61. The van der Waals surface area contributed by atoms with Crippen LogP contribution < -0.4 is 5.32 Å². The van der Waals surface area contributed by atoms with Gasteiger partial charge in [0.15, 0.2) is 6.10 Å². The minimum Gasteiger partial charge on any atom is -0.481 e. The predicted molar refractivity (Wildman–Crippen MR) is 67.7 cm³/mol. The normalized spacial score (nSPS) is 27.9. The Hall–Kier alpha value is -1.84. The zero-order valence-corrected chi connectivity index (χ0v) is 10.6. The number of hydrogen-bond donors (Lipinski definition) is 1. The summed E-state index contributed by atoms with van der Waals surface area (Å²) in [6, 6.07) is 0.0202. The van der Waals surface area contributed by atoms with Gasteiger partial charge in [-0.3, -0.25) is 9.59 Å². The molecule has 1 amide bonds. The summed E-state index contributed by atoms with van der Waals surface area (Å²) in [6.07, 6.45) is 8.21. The van der Waals surface area contributed by atoms with Crippen LogP contribution in [0.3, 0.4) is 0 Å². The number of Topliss-reactive ketones (excluding diaryl/α,β-unsaturated/α-hetero) is 1. The van der Waals surface area contributed by atoms with E-state index in [1.165, 1.54) is 0 Å². The molecule has 18 heavy (non-hydrogen) atoms. The highest BCUT2D eigenvalue weighted by atomic mass is 16.5. The number of ketones is 1. The van der Waals surface area contributed by atoms with E-state index in [0.717, 1.165) is 6.42 Å². The van der Waals surface area contributed by atoms with E-state index in [-0.39, 0.29) is 23.3 Å². The molecule has 0 fully saturated rings. The molecule has 2 heterocycles. The van der Waals surface area contributed by atoms with E-state index >= 15 is 0 Å². The molecule has 2 aliphatic rings. The van der Waals surface area contributed by atoms with Crippen LogP contribution in [-0.2, 0) is 14.3 Å². The number of carbonyl (C=O) groups excluding carboxylic acids is 2. The smallest absolute Gasteiger partial charge is 0.258 e. The molecule has 2 rings (SSSR count). The van der Waals surface area contributed by atoms with Crippen molar-refractivity contribution in [3.05, 3.63) is 35.6 Å². The maximum Gasteiger partial charge on any atom is 0.258 e. The predicted octanol–water partition coefficient (Wildman–Crippen LogP) is 1.64. The van der Waals surface area contributed by atoms with E-state index in [0.29, 0.717) is 12.2 Å². The van der Waals surface area contributed by atoms with Crippen molar-refractivity contribution in [2.45, 2.75) is 38.8 Å². The number of nitrogens with one attached hydrogen (secondary N) is 1. The second-order valence-electron chi connectivity index (χ2n) is 4.50. The highest BCUT2D eigenvalue weighted by Gasteiger charge is 2.40. The largest absolute Gasteiger partial charge is 0.481 e. The molecular formula is C14H17NO3. The summed E-state index contributed by atoms with van der Waals surface area (Å²) in [5.41, 5.74) is 0.197. The van der Waals surface area contributed by atoms with Crippen LogP contribution in [0.25, 0.3) is 0 Å². The Balaban J connectivity index is 2.10. The van der Waals surface area contributed by atoms with Crippen LogP contribution in [-0.4, -0.2) is 23.8 Å². The first-order chi connectivity index (χ1) is 8.63. The first-order valence-corrected chi connectivity index (χ1v) is 6.21. The van der Waals surface area contributed by atoms with E-state index in [4.69, 9.17) is 4.74 Å². The summed E-state index contributed by atoms with van der Waals surface area (Å²) in [5, 5.41) is 2.74. The lowest BCUT2D eigenvalue weighted by molar-refractivity contribution is -0.123. The van der Waals surface area contributed by atoms with Crippen molar-refractivity contribution in [1.29, 1.82) is 0 Å². The molecule has 2 aliphatic heterocycles. The van der Waals surface area contributed by atoms with E-state index in [9.17, 15) is 9.59 Å². The molecule has 2 atom stereocenters. The minimum absolute atomic E-state index is 0.0202. The summed E-state index contributed by atoms with van der Waals surface area (Å²) in [5.74, 6) is -0.0188. The molecule has 0 aromatic carbocycles. The average molecular weight is 247 g/mol. The van der Waals surface area contributed by atoms with Gasteiger partial charge in [0.2, 0.25) is 5.78 Å². The van der Waals surface area contributed by atoms with Crippen LogP contribution >= 0.6 is 0 Å². The maximum absolute atomic E-state index is 12.0. The lowest BCUT2D eigenvalue weighted by Gasteiger charge is -2.19. The van der Waals surface area contributed by atoms with Gasteiger partial charge in [-0.05, 0) is 19.4 Å². The fraction of sp³-hybridized carbons (Fsp3) is 0.429. The molecule has 2 unspecified atom stereocenters. The highest BCUT2D eigenvalue weighted by Crippen LogP contribution is 2.29. The highest BCUT2D eigenvalue weighted by molar-refractivity contribution is 6.23. The zero-order valence-electron chi connectivity index (χ0n) is 10.6. The molecule has 4 heteroatoms.